The van der Waals surface area contributed by atoms with Crippen LogP contribution >= 0.6 is 0 Å². The highest BCUT2D eigenvalue weighted by molar-refractivity contribution is 5.92. The lowest BCUT2D eigenvalue weighted by Crippen LogP contribution is -2.72. The van der Waals surface area contributed by atoms with Gasteiger partial charge in [-0.15, -0.1) is 0 Å². The van der Waals surface area contributed by atoms with Gasteiger partial charge in [-0.1, -0.05) is 20.8 Å². The van der Waals surface area contributed by atoms with Gasteiger partial charge in [0.25, 0.3) is 0 Å². The summed E-state index contributed by atoms with van der Waals surface area (Å²) in [6.45, 7) is 8.27. The predicted octanol–water partition coefficient (Wildman–Crippen LogP) is 3.13. The molecule has 2 aliphatic rings. The van der Waals surface area contributed by atoms with E-state index in [0.717, 1.165) is 29.8 Å². The van der Waals surface area contributed by atoms with Crippen molar-refractivity contribution in [1.29, 1.82) is 0 Å². The summed E-state index contributed by atoms with van der Waals surface area (Å²) in [5.74, 6) is 0.698. The van der Waals surface area contributed by atoms with Crippen molar-refractivity contribution in [2.24, 2.45) is 0 Å². The molecule has 0 atom stereocenters. The zero-order chi connectivity index (χ0) is 16.2. The van der Waals surface area contributed by atoms with E-state index in [4.69, 9.17) is 9.15 Å². The molecule has 0 bridgehead atoms. The molecule has 6 heteroatoms. The fraction of sp³-hybridized carbons (Fsp3) is 0.529. The third kappa shape index (κ3) is 2.28. The standard InChI is InChI=1S/C17H21N3O3/c1-16(2,3)14-19-12-8-11(4-5-13(12)23-14)18-15(21)20-7-6-17(20)9-22-10-17/h4-5,8H,6-7,9-10H2,1-3H3,(H,18,21). The molecule has 0 unspecified atom stereocenters. The van der Waals surface area contributed by atoms with Crippen LogP contribution in [-0.2, 0) is 10.2 Å². The molecule has 2 aromatic rings. The largest absolute Gasteiger partial charge is 0.440 e. The van der Waals surface area contributed by atoms with Gasteiger partial charge in [-0.3, -0.25) is 0 Å². The molecule has 2 amide bonds. The Labute approximate surface area is 134 Å². The molecule has 0 radical (unpaired) electrons. The van der Waals surface area contributed by atoms with Crippen molar-refractivity contribution < 1.29 is 13.9 Å². The van der Waals surface area contributed by atoms with Crippen molar-refractivity contribution in [1.82, 2.24) is 9.88 Å². The number of carbonyl (C=O) groups is 1. The van der Waals surface area contributed by atoms with Gasteiger partial charge < -0.3 is 19.4 Å². The summed E-state index contributed by atoms with van der Waals surface area (Å²) in [6, 6.07) is 5.49. The Hall–Kier alpha value is -2.08. The van der Waals surface area contributed by atoms with Crippen LogP contribution in [0.5, 0.6) is 0 Å². The first-order chi connectivity index (χ1) is 10.9. The number of likely N-dealkylation sites (tertiary alicyclic amines) is 1. The van der Waals surface area contributed by atoms with Crippen LogP contribution in [0.4, 0.5) is 10.5 Å². The van der Waals surface area contributed by atoms with Gasteiger partial charge in [-0.05, 0) is 24.6 Å². The van der Waals surface area contributed by atoms with Crippen molar-refractivity contribution >= 4 is 22.8 Å². The normalized spacial score (nSPS) is 19.5. The molecule has 23 heavy (non-hydrogen) atoms. The molecule has 1 aromatic carbocycles. The highest BCUT2D eigenvalue weighted by atomic mass is 16.5. The Balaban J connectivity index is 1.54. The van der Waals surface area contributed by atoms with E-state index in [1.54, 1.807) is 0 Å². The number of anilines is 1. The first-order valence-electron chi connectivity index (χ1n) is 7.95. The fourth-order valence-corrected chi connectivity index (χ4v) is 3.01. The van der Waals surface area contributed by atoms with Gasteiger partial charge in [-0.25, -0.2) is 9.78 Å². The van der Waals surface area contributed by atoms with Gasteiger partial charge in [0.05, 0.1) is 18.8 Å². The molecular weight excluding hydrogens is 294 g/mol. The molecule has 1 spiro atoms. The van der Waals surface area contributed by atoms with Crippen LogP contribution in [0.2, 0.25) is 0 Å². The quantitative estimate of drug-likeness (QED) is 0.878. The number of aromatic nitrogens is 1. The van der Waals surface area contributed by atoms with E-state index >= 15 is 0 Å². The molecule has 2 aliphatic heterocycles. The Morgan fingerprint density at radius 1 is 1.35 bits per heavy atom. The number of hydrogen-bond donors (Lipinski definition) is 1. The molecule has 0 saturated carbocycles. The summed E-state index contributed by atoms with van der Waals surface area (Å²) >= 11 is 0. The average molecular weight is 315 g/mol. The van der Waals surface area contributed by atoms with Crippen molar-refractivity contribution in [3.05, 3.63) is 24.1 Å². The second-order valence-electron chi connectivity index (χ2n) is 7.50. The second-order valence-corrected chi connectivity index (χ2v) is 7.50. The maximum atomic E-state index is 12.4. The van der Waals surface area contributed by atoms with Crippen molar-refractivity contribution in [2.75, 3.05) is 25.1 Å². The number of oxazole rings is 1. The van der Waals surface area contributed by atoms with E-state index in [0.29, 0.717) is 19.1 Å². The maximum Gasteiger partial charge on any atom is 0.322 e. The van der Waals surface area contributed by atoms with Gasteiger partial charge in [0.2, 0.25) is 5.89 Å². The summed E-state index contributed by atoms with van der Waals surface area (Å²) in [4.78, 5) is 18.8. The smallest absolute Gasteiger partial charge is 0.322 e. The van der Waals surface area contributed by atoms with E-state index in [2.05, 4.69) is 31.1 Å². The number of fused-ring (bicyclic) bond motifs is 1. The first kappa shape index (κ1) is 14.5. The topological polar surface area (TPSA) is 67.6 Å². The monoisotopic (exact) mass is 315 g/mol. The van der Waals surface area contributed by atoms with Gasteiger partial charge in [-0.2, -0.15) is 0 Å². The van der Waals surface area contributed by atoms with Crippen molar-refractivity contribution in [3.8, 4) is 0 Å². The van der Waals surface area contributed by atoms with Crippen LogP contribution in [0.15, 0.2) is 22.6 Å². The zero-order valence-electron chi connectivity index (χ0n) is 13.7. The van der Waals surface area contributed by atoms with Crippen LogP contribution < -0.4 is 5.32 Å². The lowest BCUT2D eigenvalue weighted by Gasteiger charge is -2.57. The molecule has 4 rings (SSSR count). The summed E-state index contributed by atoms with van der Waals surface area (Å²) in [5, 5.41) is 2.96. The Morgan fingerprint density at radius 3 is 2.70 bits per heavy atom. The molecular formula is C17H21N3O3. The molecule has 6 nitrogen and oxygen atoms in total. The van der Waals surface area contributed by atoms with Gasteiger partial charge in [0, 0.05) is 17.6 Å². The van der Waals surface area contributed by atoms with Gasteiger partial charge >= 0.3 is 6.03 Å². The van der Waals surface area contributed by atoms with E-state index in [-0.39, 0.29) is 17.0 Å². The molecule has 0 aliphatic carbocycles. The van der Waals surface area contributed by atoms with Crippen LogP contribution in [-0.4, -0.2) is 41.2 Å². The summed E-state index contributed by atoms with van der Waals surface area (Å²) < 4.78 is 11.0. The average Bonchev–Trinajstić information content (AvgIpc) is 2.78. The van der Waals surface area contributed by atoms with Gasteiger partial charge in [0.15, 0.2) is 5.58 Å². The van der Waals surface area contributed by atoms with E-state index in [1.807, 2.05) is 23.1 Å². The van der Waals surface area contributed by atoms with Crippen LogP contribution in [0.1, 0.15) is 33.1 Å². The molecule has 2 saturated heterocycles. The maximum absolute atomic E-state index is 12.4. The number of benzene rings is 1. The number of urea groups is 1. The minimum atomic E-state index is -0.142. The van der Waals surface area contributed by atoms with E-state index in [9.17, 15) is 4.79 Å². The van der Waals surface area contributed by atoms with Crippen molar-refractivity contribution in [3.63, 3.8) is 0 Å². The molecule has 3 heterocycles. The first-order valence-corrected chi connectivity index (χ1v) is 7.95. The van der Waals surface area contributed by atoms with E-state index < -0.39 is 0 Å². The number of ether oxygens (including phenoxy) is 1. The highest BCUT2D eigenvalue weighted by Crippen LogP contribution is 2.37. The third-order valence-electron chi connectivity index (χ3n) is 4.64. The molecule has 1 aromatic heterocycles. The number of nitrogens with zero attached hydrogens (tertiary/aromatic N) is 2. The minimum Gasteiger partial charge on any atom is -0.440 e. The number of carbonyl (C=O) groups excluding carboxylic acids is 1. The summed E-state index contributed by atoms with van der Waals surface area (Å²) in [6.07, 6.45) is 1.03. The number of amides is 2. The third-order valence-corrected chi connectivity index (χ3v) is 4.64. The van der Waals surface area contributed by atoms with Crippen LogP contribution in [0, 0.1) is 0 Å². The zero-order valence-corrected chi connectivity index (χ0v) is 13.7. The molecule has 122 valence electrons. The van der Waals surface area contributed by atoms with Crippen molar-refractivity contribution in [2.45, 2.75) is 38.1 Å². The highest BCUT2D eigenvalue weighted by Gasteiger charge is 2.53. The predicted molar refractivity (Wildman–Crippen MR) is 86.6 cm³/mol. The molecule has 1 N–H and O–H groups in total. The van der Waals surface area contributed by atoms with Crippen LogP contribution in [0.3, 0.4) is 0 Å². The Bertz CT molecular complexity index is 765. The van der Waals surface area contributed by atoms with Gasteiger partial charge in [0.1, 0.15) is 5.52 Å². The minimum absolute atomic E-state index is 0.0541. The number of hydrogen-bond acceptors (Lipinski definition) is 4. The summed E-state index contributed by atoms with van der Waals surface area (Å²) in [5.41, 5.74) is 2.04. The second kappa shape index (κ2) is 4.71. The molecule has 2 fully saturated rings. The van der Waals surface area contributed by atoms with E-state index in [1.165, 1.54) is 0 Å². The number of rotatable bonds is 1. The van der Waals surface area contributed by atoms with Crippen LogP contribution in [0.25, 0.3) is 11.1 Å². The Morgan fingerprint density at radius 2 is 2.13 bits per heavy atom. The fourth-order valence-electron chi connectivity index (χ4n) is 3.01. The summed E-state index contributed by atoms with van der Waals surface area (Å²) in [7, 11) is 0. The Kier molecular flexibility index (Phi) is 2.97. The lowest BCUT2D eigenvalue weighted by atomic mass is 9.83. The SMILES string of the molecule is CC(C)(C)c1nc2cc(NC(=O)N3CCC34COC4)ccc2o1. The lowest BCUT2D eigenvalue weighted by molar-refractivity contribution is -0.168. The number of nitrogens with one attached hydrogen (secondary N) is 1.